The molecule has 0 fully saturated rings. The molecule has 0 aliphatic heterocycles. The maximum Gasteiger partial charge on any atom is 0.338 e. The Morgan fingerprint density at radius 2 is 0.630 bits per heavy atom. The first-order valence-corrected chi connectivity index (χ1v) is 15.0. The van der Waals surface area contributed by atoms with Crippen molar-refractivity contribution in [3.8, 4) is 0 Å². The molecule has 4 rings (SSSR count). The molecule has 0 radical (unpaired) electrons. The second-order valence-corrected chi connectivity index (χ2v) is 10.8. The lowest BCUT2D eigenvalue weighted by molar-refractivity contribution is 0.0555. The van der Waals surface area contributed by atoms with Crippen LogP contribution in [-0.4, -0.2) is 52.3 Å². The molecule has 0 aliphatic rings. The lowest BCUT2D eigenvalue weighted by atomic mass is 9.88. The highest BCUT2D eigenvalue weighted by Gasteiger charge is 2.24. The summed E-state index contributed by atoms with van der Waals surface area (Å²) in [6.07, 6.45) is 3.61. The van der Waals surface area contributed by atoms with Gasteiger partial charge in [-0.2, -0.15) is 0 Å². The fourth-order valence-electron chi connectivity index (χ4n) is 5.54. The van der Waals surface area contributed by atoms with Crippen molar-refractivity contribution in [2.75, 3.05) is 28.4 Å². The molecule has 0 saturated heterocycles. The molecule has 4 aromatic rings. The van der Waals surface area contributed by atoms with Gasteiger partial charge in [0.25, 0.3) is 0 Å². The highest BCUT2D eigenvalue weighted by molar-refractivity contribution is 6.04. The van der Waals surface area contributed by atoms with Gasteiger partial charge in [-0.25, -0.2) is 19.2 Å². The minimum absolute atomic E-state index is 0.119. The van der Waals surface area contributed by atoms with Crippen LogP contribution in [0.25, 0.3) is 0 Å². The van der Waals surface area contributed by atoms with Gasteiger partial charge in [-0.3, -0.25) is 0 Å². The molecule has 238 valence electrons. The van der Waals surface area contributed by atoms with Crippen molar-refractivity contribution in [1.29, 1.82) is 0 Å². The summed E-state index contributed by atoms with van der Waals surface area (Å²) in [6, 6.07) is 26.8. The molecule has 46 heavy (non-hydrogen) atoms. The number of hydrogen-bond acceptors (Lipinski definition) is 8. The summed E-state index contributed by atoms with van der Waals surface area (Å²) in [5.74, 6) is -2.54. The molecule has 0 N–H and O–H groups in total. The Morgan fingerprint density at radius 1 is 0.391 bits per heavy atom. The SMILES string of the molecule is COC(=O)c1cc(CCc2ccccc2)c(CCc2cc(C(=O)OC)c(C(=O)OC)cc2CCc2ccccc2)cc1C(=O)OC. The van der Waals surface area contributed by atoms with E-state index in [2.05, 4.69) is 0 Å². The number of carbonyl (C=O) groups is 4. The zero-order valence-corrected chi connectivity index (χ0v) is 26.6. The zero-order valence-electron chi connectivity index (χ0n) is 26.6. The van der Waals surface area contributed by atoms with Crippen molar-refractivity contribution < 1.29 is 38.1 Å². The molecule has 0 spiro atoms. The summed E-state index contributed by atoms with van der Waals surface area (Å²) in [7, 11) is 5.08. The number of ether oxygens (including phenoxy) is 4. The largest absolute Gasteiger partial charge is 0.465 e. The van der Waals surface area contributed by atoms with Crippen LogP contribution in [0, 0.1) is 0 Å². The summed E-state index contributed by atoms with van der Waals surface area (Å²) in [4.78, 5) is 51.1. The number of hydrogen-bond donors (Lipinski definition) is 0. The number of benzene rings is 4. The Balaban J connectivity index is 1.78. The second-order valence-electron chi connectivity index (χ2n) is 10.8. The predicted octanol–water partition coefficient (Wildman–Crippen LogP) is 6.19. The Kier molecular flexibility index (Phi) is 11.8. The van der Waals surface area contributed by atoms with E-state index in [1.165, 1.54) is 28.4 Å². The summed E-state index contributed by atoms with van der Waals surface area (Å²) in [5.41, 5.74) is 6.28. The van der Waals surface area contributed by atoms with Gasteiger partial charge >= 0.3 is 23.9 Å². The average Bonchev–Trinajstić information content (AvgIpc) is 3.11. The normalized spacial score (nSPS) is 10.6. The van der Waals surface area contributed by atoms with Crippen LogP contribution in [0.5, 0.6) is 0 Å². The van der Waals surface area contributed by atoms with Crippen LogP contribution < -0.4 is 0 Å². The molecule has 4 aromatic carbocycles. The maximum absolute atomic E-state index is 12.8. The molecule has 0 amide bonds. The van der Waals surface area contributed by atoms with Crippen molar-refractivity contribution in [2.45, 2.75) is 38.5 Å². The number of aryl methyl sites for hydroxylation is 6. The van der Waals surface area contributed by atoms with Crippen molar-refractivity contribution in [3.05, 3.63) is 141 Å². The fourth-order valence-corrected chi connectivity index (χ4v) is 5.54. The Labute approximate surface area is 269 Å². The van der Waals surface area contributed by atoms with E-state index in [9.17, 15) is 19.2 Å². The molecule has 0 aromatic heterocycles. The maximum atomic E-state index is 12.8. The van der Waals surface area contributed by atoms with Crippen LogP contribution in [0.3, 0.4) is 0 Å². The van der Waals surface area contributed by atoms with E-state index in [0.717, 1.165) is 33.4 Å². The van der Waals surface area contributed by atoms with E-state index in [0.29, 0.717) is 38.5 Å². The van der Waals surface area contributed by atoms with Crippen LogP contribution in [0.4, 0.5) is 0 Å². The van der Waals surface area contributed by atoms with Gasteiger partial charge in [0, 0.05) is 0 Å². The number of methoxy groups -OCH3 is 4. The van der Waals surface area contributed by atoms with Crippen LogP contribution in [0.2, 0.25) is 0 Å². The molecule has 0 atom stereocenters. The molecular formula is C38H38O8. The van der Waals surface area contributed by atoms with Crippen LogP contribution >= 0.6 is 0 Å². The van der Waals surface area contributed by atoms with Gasteiger partial charge in [-0.15, -0.1) is 0 Å². The highest BCUT2D eigenvalue weighted by Crippen LogP contribution is 2.26. The molecule has 0 saturated carbocycles. The van der Waals surface area contributed by atoms with Gasteiger partial charge in [-0.05, 0) is 96.2 Å². The number of rotatable bonds is 13. The fraction of sp³-hybridized carbons (Fsp3) is 0.263. The van der Waals surface area contributed by atoms with Gasteiger partial charge in [0.2, 0.25) is 0 Å². The summed E-state index contributed by atoms with van der Waals surface area (Å²) >= 11 is 0. The van der Waals surface area contributed by atoms with Gasteiger partial charge in [0.15, 0.2) is 0 Å². The van der Waals surface area contributed by atoms with E-state index >= 15 is 0 Å². The number of esters is 4. The first kappa shape index (κ1) is 33.6. The first-order valence-electron chi connectivity index (χ1n) is 15.0. The van der Waals surface area contributed by atoms with Crippen molar-refractivity contribution >= 4 is 23.9 Å². The van der Waals surface area contributed by atoms with Gasteiger partial charge in [0.1, 0.15) is 0 Å². The third-order valence-corrected chi connectivity index (χ3v) is 8.02. The Morgan fingerprint density at radius 3 is 0.870 bits per heavy atom. The minimum atomic E-state index is -0.643. The highest BCUT2D eigenvalue weighted by atomic mass is 16.5. The number of carbonyl (C=O) groups excluding carboxylic acids is 4. The lowest BCUT2D eigenvalue weighted by Gasteiger charge is -2.18. The topological polar surface area (TPSA) is 105 Å². The predicted molar refractivity (Wildman–Crippen MR) is 173 cm³/mol. The smallest absolute Gasteiger partial charge is 0.338 e. The van der Waals surface area contributed by atoms with Gasteiger partial charge < -0.3 is 18.9 Å². The van der Waals surface area contributed by atoms with E-state index in [-0.39, 0.29) is 22.3 Å². The lowest BCUT2D eigenvalue weighted by Crippen LogP contribution is -2.16. The van der Waals surface area contributed by atoms with Crippen LogP contribution in [0.1, 0.15) is 74.8 Å². The van der Waals surface area contributed by atoms with Crippen molar-refractivity contribution in [2.24, 2.45) is 0 Å². The average molecular weight is 623 g/mol. The van der Waals surface area contributed by atoms with Gasteiger partial charge in [0.05, 0.1) is 50.7 Å². The second kappa shape index (κ2) is 16.2. The molecule has 0 heterocycles. The van der Waals surface area contributed by atoms with E-state index in [1.54, 1.807) is 24.3 Å². The van der Waals surface area contributed by atoms with Crippen LogP contribution in [-0.2, 0) is 57.5 Å². The van der Waals surface area contributed by atoms with E-state index in [4.69, 9.17) is 18.9 Å². The van der Waals surface area contributed by atoms with Crippen molar-refractivity contribution in [1.82, 2.24) is 0 Å². The molecular weight excluding hydrogens is 584 g/mol. The third kappa shape index (κ3) is 8.27. The van der Waals surface area contributed by atoms with Gasteiger partial charge in [-0.1, -0.05) is 60.7 Å². The minimum Gasteiger partial charge on any atom is -0.465 e. The summed E-state index contributed by atoms with van der Waals surface area (Å²) in [6.45, 7) is 0. The molecule has 8 nitrogen and oxygen atoms in total. The molecule has 8 heteroatoms. The van der Waals surface area contributed by atoms with E-state index in [1.807, 2.05) is 60.7 Å². The standard InChI is InChI=1S/C38H38O8/c1-43-35(39)31-21-27(17-15-25-11-7-5-8-12-25)29(23-33(31)37(41)45-3)19-20-30-24-34(38(42)46-4)32(36(40)44-2)22-28(30)18-16-26-13-9-6-10-14-26/h5-14,21-24H,15-20H2,1-4H3. The third-order valence-electron chi connectivity index (χ3n) is 8.02. The van der Waals surface area contributed by atoms with E-state index < -0.39 is 23.9 Å². The zero-order chi connectivity index (χ0) is 33.1. The summed E-state index contributed by atoms with van der Waals surface area (Å²) in [5, 5.41) is 0. The molecule has 0 bridgehead atoms. The quantitative estimate of drug-likeness (QED) is 0.128. The Hall–Kier alpha value is -5.24. The first-order chi connectivity index (χ1) is 22.3. The summed E-state index contributed by atoms with van der Waals surface area (Å²) < 4.78 is 20.0. The van der Waals surface area contributed by atoms with Crippen molar-refractivity contribution in [3.63, 3.8) is 0 Å². The monoisotopic (exact) mass is 622 g/mol. The molecule has 0 aliphatic carbocycles. The van der Waals surface area contributed by atoms with Crippen LogP contribution in [0.15, 0.2) is 84.9 Å². The Bertz CT molecular complexity index is 1570. The molecule has 0 unspecified atom stereocenters.